The lowest BCUT2D eigenvalue weighted by Gasteiger charge is -2.11. The van der Waals surface area contributed by atoms with Gasteiger partial charge in [0.15, 0.2) is 9.84 Å². The zero-order valence-corrected chi connectivity index (χ0v) is 10.8. The summed E-state index contributed by atoms with van der Waals surface area (Å²) in [6, 6.07) is 4.96. The van der Waals surface area contributed by atoms with Crippen LogP contribution in [0.15, 0.2) is 29.3 Å². The van der Waals surface area contributed by atoms with E-state index in [-0.39, 0.29) is 10.6 Å². The van der Waals surface area contributed by atoms with Crippen LogP contribution in [-0.4, -0.2) is 32.0 Å². The molecule has 0 saturated carbocycles. The summed E-state index contributed by atoms with van der Waals surface area (Å²) in [6.07, 6.45) is 2.61. The highest BCUT2D eigenvalue weighted by atomic mass is 32.2. The normalized spacial score (nSPS) is 11.4. The summed E-state index contributed by atoms with van der Waals surface area (Å²) >= 11 is 0. The second kappa shape index (κ2) is 4.34. The SMILES string of the molecule is COc1cccc(-c2cn[nH]c2N)c1S(C)(=O)=O. The number of aromatic nitrogens is 2. The highest BCUT2D eigenvalue weighted by Gasteiger charge is 2.21. The van der Waals surface area contributed by atoms with Gasteiger partial charge in [0.2, 0.25) is 0 Å². The monoisotopic (exact) mass is 267 g/mol. The van der Waals surface area contributed by atoms with Gasteiger partial charge in [-0.2, -0.15) is 5.10 Å². The fourth-order valence-electron chi connectivity index (χ4n) is 1.78. The molecule has 1 heterocycles. The second-order valence-electron chi connectivity index (χ2n) is 3.81. The third kappa shape index (κ3) is 2.04. The number of anilines is 1. The molecule has 0 aliphatic carbocycles. The molecule has 18 heavy (non-hydrogen) atoms. The highest BCUT2D eigenvalue weighted by molar-refractivity contribution is 7.91. The first-order valence-electron chi connectivity index (χ1n) is 5.11. The van der Waals surface area contributed by atoms with E-state index in [0.29, 0.717) is 16.9 Å². The first-order valence-corrected chi connectivity index (χ1v) is 7.00. The van der Waals surface area contributed by atoms with Crippen molar-refractivity contribution in [3.8, 4) is 16.9 Å². The van der Waals surface area contributed by atoms with Gasteiger partial charge in [-0.25, -0.2) is 8.42 Å². The maximum absolute atomic E-state index is 11.9. The van der Waals surface area contributed by atoms with Crippen LogP contribution in [0.5, 0.6) is 5.75 Å². The number of hydrogen-bond donors (Lipinski definition) is 2. The number of nitrogens with one attached hydrogen (secondary N) is 1. The van der Waals surface area contributed by atoms with Crippen LogP contribution in [0, 0.1) is 0 Å². The maximum atomic E-state index is 11.9. The third-order valence-corrected chi connectivity index (χ3v) is 3.69. The van der Waals surface area contributed by atoms with Gasteiger partial charge < -0.3 is 10.5 Å². The van der Waals surface area contributed by atoms with Gasteiger partial charge in [-0.05, 0) is 6.07 Å². The largest absolute Gasteiger partial charge is 0.495 e. The van der Waals surface area contributed by atoms with Crippen LogP contribution in [0.3, 0.4) is 0 Å². The average molecular weight is 267 g/mol. The maximum Gasteiger partial charge on any atom is 0.179 e. The van der Waals surface area contributed by atoms with E-state index in [9.17, 15) is 8.42 Å². The Balaban J connectivity index is 2.81. The number of hydrogen-bond acceptors (Lipinski definition) is 5. The minimum atomic E-state index is -3.44. The van der Waals surface area contributed by atoms with E-state index < -0.39 is 9.84 Å². The van der Waals surface area contributed by atoms with E-state index in [1.165, 1.54) is 13.3 Å². The van der Waals surface area contributed by atoms with Crippen LogP contribution in [0.2, 0.25) is 0 Å². The minimum Gasteiger partial charge on any atom is -0.495 e. The number of benzene rings is 1. The van der Waals surface area contributed by atoms with Gasteiger partial charge in [-0.15, -0.1) is 0 Å². The van der Waals surface area contributed by atoms with E-state index in [2.05, 4.69) is 10.2 Å². The minimum absolute atomic E-state index is 0.112. The Morgan fingerprint density at radius 2 is 2.06 bits per heavy atom. The zero-order chi connectivity index (χ0) is 13.3. The average Bonchev–Trinajstić information content (AvgIpc) is 2.73. The highest BCUT2D eigenvalue weighted by Crippen LogP contribution is 2.36. The third-order valence-electron chi connectivity index (χ3n) is 2.53. The van der Waals surface area contributed by atoms with E-state index in [4.69, 9.17) is 10.5 Å². The van der Waals surface area contributed by atoms with Crippen molar-refractivity contribution in [2.75, 3.05) is 19.1 Å². The van der Waals surface area contributed by atoms with Crippen LogP contribution in [0.4, 0.5) is 5.82 Å². The van der Waals surface area contributed by atoms with Crippen LogP contribution in [0.25, 0.3) is 11.1 Å². The Morgan fingerprint density at radius 1 is 1.33 bits per heavy atom. The summed E-state index contributed by atoms with van der Waals surface area (Å²) in [6.45, 7) is 0. The van der Waals surface area contributed by atoms with Crippen LogP contribution in [-0.2, 0) is 9.84 Å². The quantitative estimate of drug-likeness (QED) is 0.866. The molecule has 96 valence electrons. The van der Waals surface area contributed by atoms with Gasteiger partial charge in [0.25, 0.3) is 0 Å². The Labute approximate surface area is 105 Å². The molecule has 0 bridgehead atoms. The molecular formula is C11H13N3O3S. The fourth-order valence-corrected chi connectivity index (χ4v) is 2.88. The summed E-state index contributed by atoms with van der Waals surface area (Å²) in [7, 11) is -2.02. The van der Waals surface area contributed by atoms with Crippen molar-refractivity contribution in [1.29, 1.82) is 0 Å². The van der Waals surface area contributed by atoms with Crippen molar-refractivity contribution >= 4 is 15.7 Å². The van der Waals surface area contributed by atoms with Crippen molar-refractivity contribution in [2.45, 2.75) is 4.90 Å². The molecule has 2 aromatic rings. The Morgan fingerprint density at radius 3 is 2.56 bits per heavy atom. The van der Waals surface area contributed by atoms with Crippen molar-refractivity contribution in [3.05, 3.63) is 24.4 Å². The molecule has 6 nitrogen and oxygen atoms in total. The van der Waals surface area contributed by atoms with Gasteiger partial charge in [-0.3, -0.25) is 5.10 Å². The fraction of sp³-hybridized carbons (Fsp3) is 0.182. The molecule has 0 saturated heterocycles. The molecule has 1 aromatic heterocycles. The summed E-state index contributed by atoms with van der Waals surface area (Å²) in [4.78, 5) is 0.112. The number of methoxy groups -OCH3 is 1. The first-order chi connectivity index (χ1) is 8.45. The van der Waals surface area contributed by atoms with Crippen molar-refractivity contribution < 1.29 is 13.2 Å². The summed E-state index contributed by atoms with van der Waals surface area (Å²) < 4.78 is 28.9. The Kier molecular flexibility index (Phi) is 3.00. The molecule has 1 aromatic carbocycles. The molecule has 0 spiro atoms. The molecule has 0 unspecified atom stereocenters. The van der Waals surface area contributed by atoms with Crippen molar-refractivity contribution in [2.24, 2.45) is 0 Å². The molecule has 0 aliphatic rings. The lowest BCUT2D eigenvalue weighted by molar-refractivity contribution is 0.403. The lowest BCUT2D eigenvalue weighted by atomic mass is 10.1. The number of aromatic amines is 1. The summed E-state index contributed by atoms with van der Waals surface area (Å²) in [5.74, 6) is 0.601. The lowest BCUT2D eigenvalue weighted by Crippen LogP contribution is -2.03. The number of ether oxygens (including phenoxy) is 1. The number of nitrogens with zero attached hydrogens (tertiary/aromatic N) is 1. The number of sulfone groups is 1. The Hall–Kier alpha value is -2.02. The molecule has 0 radical (unpaired) electrons. The van der Waals surface area contributed by atoms with E-state index in [1.54, 1.807) is 18.2 Å². The predicted molar refractivity (Wildman–Crippen MR) is 68.1 cm³/mol. The van der Waals surface area contributed by atoms with Crippen LogP contribution in [0.1, 0.15) is 0 Å². The van der Waals surface area contributed by atoms with Crippen molar-refractivity contribution in [3.63, 3.8) is 0 Å². The first kappa shape index (κ1) is 12.4. The van der Waals surface area contributed by atoms with Crippen molar-refractivity contribution in [1.82, 2.24) is 10.2 Å². The van der Waals surface area contributed by atoms with Gasteiger partial charge in [0, 0.05) is 17.4 Å². The standard InChI is InChI=1S/C11H13N3O3S/c1-17-9-5-3-4-7(10(9)18(2,15)16)8-6-13-14-11(8)12/h3-6H,1-2H3,(H3,12,13,14). The molecule has 0 amide bonds. The smallest absolute Gasteiger partial charge is 0.179 e. The topological polar surface area (TPSA) is 98.1 Å². The van der Waals surface area contributed by atoms with Crippen LogP contribution >= 0.6 is 0 Å². The summed E-state index contributed by atoms with van der Waals surface area (Å²) in [5, 5.41) is 6.37. The van der Waals surface area contributed by atoms with Gasteiger partial charge in [-0.1, -0.05) is 12.1 Å². The van der Waals surface area contributed by atoms with E-state index >= 15 is 0 Å². The molecule has 7 heteroatoms. The second-order valence-corrected chi connectivity index (χ2v) is 5.76. The number of nitrogen functional groups attached to an aromatic ring is 1. The molecule has 3 N–H and O–H groups in total. The molecule has 0 fully saturated rings. The van der Waals surface area contributed by atoms with Gasteiger partial charge >= 0.3 is 0 Å². The van der Waals surface area contributed by atoms with Crippen LogP contribution < -0.4 is 10.5 Å². The summed E-state index contributed by atoms with van der Waals surface area (Å²) in [5.41, 5.74) is 6.73. The number of nitrogens with two attached hydrogens (primary N) is 1. The Bertz CT molecular complexity index is 677. The van der Waals surface area contributed by atoms with Gasteiger partial charge in [0.05, 0.1) is 13.3 Å². The number of rotatable bonds is 3. The van der Waals surface area contributed by atoms with E-state index in [1.807, 2.05) is 0 Å². The predicted octanol–water partition coefficient (Wildman–Crippen LogP) is 1.07. The van der Waals surface area contributed by atoms with E-state index in [0.717, 1.165) is 6.26 Å². The molecular weight excluding hydrogens is 254 g/mol. The molecule has 0 aliphatic heterocycles. The van der Waals surface area contributed by atoms with Gasteiger partial charge in [0.1, 0.15) is 16.5 Å². The number of H-pyrrole nitrogens is 1. The molecule has 0 atom stereocenters. The zero-order valence-electron chi connectivity index (χ0n) is 9.97. The molecule has 2 rings (SSSR count).